The average molecular weight is 222 g/mol. The number of rotatable bonds is 5. The van der Waals surface area contributed by atoms with Crippen molar-refractivity contribution in [2.24, 2.45) is 0 Å². The van der Waals surface area contributed by atoms with E-state index in [0.29, 0.717) is 18.7 Å². The highest BCUT2D eigenvalue weighted by Gasteiger charge is 2.01. The number of hydrogen-bond donors (Lipinski definition) is 1. The van der Waals surface area contributed by atoms with E-state index in [1.165, 1.54) is 0 Å². The summed E-state index contributed by atoms with van der Waals surface area (Å²) in [5.41, 5.74) is 1.80. The summed E-state index contributed by atoms with van der Waals surface area (Å²) < 4.78 is 4.75. The molecule has 87 valence electrons. The first-order valence-corrected chi connectivity index (χ1v) is 5.37. The number of nitrogens with one attached hydrogen (secondary N) is 1. The maximum Gasteiger partial charge on any atom is 0.411 e. The molecule has 0 spiro atoms. The SMILES string of the molecule is CCOC(=O)Nc1ccc(CCC[O])cc1. The number of carbonyl (C=O) groups excluding carboxylic acids is 1. The van der Waals surface area contributed by atoms with E-state index in [1.54, 1.807) is 19.1 Å². The number of ether oxygens (including phenoxy) is 1. The van der Waals surface area contributed by atoms with Crippen molar-refractivity contribution >= 4 is 11.8 Å². The second kappa shape index (κ2) is 6.85. The van der Waals surface area contributed by atoms with Crippen LogP contribution in [0.4, 0.5) is 10.5 Å². The van der Waals surface area contributed by atoms with Crippen LogP contribution in [0, 0.1) is 0 Å². The fourth-order valence-electron chi connectivity index (χ4n) is 1.32. The molecule has 1 aromatic rings. The lowest BCUT2D eigenvalue weighted by molar-refractivity contribution is 0.168. The highest BCUT2D eigenvalue weighted by atomic mass is 16.5. The molecule has 4 nitrogen and oxygen atoms in total. The number of benzene rings is 1. The summed E-state index contributed by atoms with van der Waals surface area (Å²) in [6, 6.07) is 7.41. The minimum Gasteiger partial charge on any atom is -0.450 e. The Kier molecular flexibility index (Phi) is 5.36. The molecule has 0 saturated carbocycles. The van der Waals surface area contributed by atoms with Crippen molar-refractivity contribution in [3.63, 3.8) is 0 Å². The van der Waals surface area contributed by atoms with E-state index < -0.39 is 6.09 Å². The van der Waals surface area contributed by atoms with E-state index in [0.717, 1.165) is 12.0 Å². The Balaban J connectivity index is 2.47. The normalized spacial score (nSPS) is 9.88. The zero-order valence-corrected chi connectivity index (χ0v) is 9.36. The number of aryl methyl sites for hydroxylation is 1. The average Bonchev–Trinajstić information content (AvgIpc) is 2.28. The van der Waals surface area contributed by atoms with E-state index in [4.69, 9.17) is 4.74 Å². The van der Waals surface area contributed by atoms with Crippen LogP contribution in [0.15, 0.2) is 24.3 Å². The van der Waals surface area contributed by atoms with Crippen molar-refractivity contribution in [1.29, 1.82) is 0 Å². The second-order valence-corrected chi connectivity index (χ2v) is 3.35. The van der Waals surface area contributed by atoms with Crippen molar-refractivity contribution in [1.82, 2.24) is 0 Å². The molecule has 0 aromatic heterocycles. The van der Waals surface area contributed by atoms with Crippen LogP contribution in [0.3, 0.4) is 0 Å². The van der Waals surface area contributed by atoms with Crippen LogP contribution < -0.4 is 5.32 Å². The molecule has 1 rings (SSSR count). The molecule has 1 aromatic carbocycles. The highest BCUT2D eigenvalue weighted by Crippen LogP contribution is 2.11. The van der Waals surface area contributed by atoms with Crippen molar-refractivity contribution in [3.05, 3.63) is 29.8 Å². The van der Waals surface area contributed by atoms with E-state index in [9.17, 15) is 9.90 Å². The zero-order chi connectivity index (χ0) is 11.8. The van der Waals surface area contributed by atoms with Crippen molar-refractivity contribution in [2.45, 2.75) is 19.8 Å². The Bertz CT molecular complexity index is 322. The molecule has 0 saturated heterocycles. The third kappa shape index (κ3) is 4.31. The molecular formula is C12H16NO3. The summed E-state index contributed by atoms with van der Waals surface area (Å²) in [5, 5.41) is 12.9. The van der Waals surface area contributed by atoms with Crippen LogP contribution in [-0.4, -0.2) is 19.3 Å². The fraction of sp³-hybridized carbons (Fsp3) is 0.417. The summed E-state index contributed by atoms with van der Waals surface area (Å²) in [5.74, 6) is 0. The van der Waals surface area contributed by atoms with E-state index >= 15 is 0 Å². The lowest BCUT2D eigenvalue weighted by atomic mass is 10.1. The topological polar surface area (TPSA) is 58.2 Å². The van der Waals surface area contributed by atoms with Crippen LogP contribution in [0.5, 0.6) is 0 Å². The molecule has 0 heterocycles. The molecule has 1 amide bonds. The first-order chi connectivity index (χ1) is 7.76. The van der Waals surface area contributed by atoms with Crippen LogP contribution in [-0.2, 0) is 16.3 Å². The van der Waals surface area contributed by atoms with Gasteiger partial charge in [0.25, 0.3) is 0 Å². The van der Waals surface area contributed by atoms with Crippen molar-refractivity contribution in [3.8, 4) is 0 Å². The lowest BCUT2D eigenvalue weighted by Crippen LogP contribution is -2.13. The molecule has 1 radical (unpaired) electrons. The number of amides is 1. The third-order valence-electron chi connectivity index (χ3n) is 2.09. The monoisotopic (exact) mass is 222 g/mol. The molecule has 0 aliphatic rings. The molecule has 0 aliphatic carbocycles. The molecular weight excluding hydrogens is 206 g/mol. The zero-order valence-electron chi connectivity index (χ0n) is 9.36. The van der Waals surface area contributed by atoms with Gasteiger partial charge in [0.05, 0.1) is 13.2 Å². The van der Waals surface area contributed by atoms with E-state index in [2.05, 4.69) is 5.32 Å². The largest absolute Gasteiger partial charge is 0.450 e. The van der Waals surface area contributed by atoms with Gasteiger partial charge < -0.3 is 4.74 Å². The van der Waals surface area contributed by atoms with Gasteiger partial charge in [0, 0.05) is 5.69 Å². The van der Waals surface area contributed by atoms with Gasteiger partial charge in [-0.15, -0.1) is 0 Å². The van der Waals surface area contributed by atoms with Crippen LogP contribution >= 0.6 is 0 Å². The minimum absolute atomic E-state index is 0.0528. The van der Waals surface area contributed by atoms with Gasteiger partial charge in [0.2, 0.25) is 0 Å². The Morgan fingerprint density at radius 2 is 2.00 bits per heavy atom. The molecule has 0 atom stereocenters. The quantitative estimate of drug-likeness (QED) is 0.832. The lowest BCUT2D eigenvalue weighted by Gasteiger charge is -2.05. The van der Waals surface area contributed by atoms with Gasteiger partial charge in [-0.25, -0.2) is 9.90 Å². The Hall–Kier alpha value is -1.55. The summed E-state index contributed by atoms with van der Waals surface area (Å²) in [4.78, 5) is 11.1. The van der Waals surface area contributed by atoms with E-state index in [1.807, 2.05) is 12.1 Å². The first-order valence-electron chi connectivity index (χ1n) is 5.37. The van der Waals surface area contributed by atoms with Crippen LogP contribution in [0.2, 0.25) is 0 Å². The predicted molar refractivity (Wildman–Crippen MR) is 61.0 cm³/mol. The summed E-state index contributed by atoms with van der Waals surface area (Å²) >= 11 is 0. The van der Waals surface area contributed by atoms with Gasteiger partial charge in [-0.05, 0) is 37.5 Å². The van der Waals surface area contributed by atoms with E-state index in [-0.39, 0.29) is 6.61 Å². The fourth-order valence-corrected chi connectivity index (χ4v) is 1.32. The maximum atomic E-state index is 11.1. The van der Waals surface area contributed by atoms with Crippen molar-refractivity contribution < 1.29 is 14.6 Å². The van der Waals surface area contributed by atoms with Gasteiger partial charge in [-0.1, -0.05) is 12.1 Å². The highest BCUT2D eigenvalue weighted by molar-refractivity contribution is 5.84. The molecule has 0 unspecified atom stereocenters. The van der Waals surface area contributed by atoms with Gasteiger partial charge in [0.1, 0.15) is 0 Å². The molecule has 16 heavy (non-hydrogen) atoms. The Morgan fingerprint density at radius 1 is 1.31 bits per heavy atom. The molecule has 0 bridgehead atoms. The molecule has 0 fully saturated rings. The Labute approximate surface area is 95.2 Å². The summed E-state index contributed by atoms with van der Waals surface area (Å²) in [6.45, 7) is 2.06. The second-order valence-electron chi connectivity index (χ2n) is 3.35. The molecule has 1 N–H and O–H groups in total. The smallest absolute Gasteiger partial charge is 0.411 e. The first kappa shape index (κ1) is 12.5. The number of hydrogen-bond acceptors (Lipinski definition) is 2. The minimum atomic E-state index is -0.449. The van der Waals surface area contributed by atoms with Gasteiger partial charge in [-0.2, -0.15) is 0 Å². The summed E-state index contributed by atoms with van der Waals surface area (Å²) in [7, 11) is 0. The standard InChI is InChI=1S/C12H16NO3/c1-2-16-12(15)13-11-7-5-10(6-8-11)4-3-9-14/h5-8H,2-4,9H2,1H3,(H,13,15). The summed E-state index contributed by atoms with van der Waals surface area (Å²) in [6.07, 6.45) is 0.975. The van der Waals surface area contributed by atoms with Gasteiger partial charge in [0.15, 0.2) is 0 Å². The van der Waals surface area contributed by atoms with Gasteiger partial charge >= 0.3 is 6.09 Å². The van der Waals surface area contributed by atoms with Crippen LogP contribution in [0.25, 0.3) is 0 Å². The number of carbonyl (C=O) groups is 1. The molecule has 4 heteroatoms. The predicted octanol–water partition coefficient (Wildman–Crippen LogP) is 2.62. The number of anilines is 1. The molecule has 0 aliphatic heterocycles. The third-order valence-corrected chi connectivity index (χ3v) is 2.09. The Morgan fingerprint density at radius 3 is 2.56 bits per heavy atom. The maximum absolute atomic E-state index is 11.1. The van der Waals surface area contributed by atoms with Crippen LogP contribution in [0.1, 0.15) is 18.9 Å². The van der Waals surface area contributed by atoms with Gasteiger partial charge in [-0.3, -0.25) is 5.32 Å². The van der Waals surface area contributed by atoms with Crippen molar-refractivity contribution in [2.75, 3.05) is 18.5 Å².